The molecule has 1 nitrogen and oxygen atoms in total. The Hall–Kier alpha value is -0.0400. The summed E-state index contributed by atoms with van der Waals surface area (Å²) in [7, 11) is 0. The Morgan fingerprint density at radius 3 is 1.58 bits per heavy atom. The van der Waals surface area contributed by atoms with Gasteiger partial charge in [-0.1, -0.05) is 48.0 Å². The summed E-state index contributed by atoms with van der Waals surface area (Å²) in [6, 6.07) is 0. The van der Waals surface area contributed by atoms with E-state index in [0.29, 0.717) is 0 Å². The van der Waals surface area contributed by atoms with Crippen LogP contribution in [-0.4, -0.2) is 13.1 Å². The van der Waals surface area contributed by atoms with Gasteiger partial charge >= 0.3 is 0 Å². The van der Waals surface area contributed by atoms with Crippen LogP contribution in [0.2, 0.25) is 0 Å². The van der Waals surface area contributed by atoms with Gasteiger partial charge in [0.1, 0.15) is 0 Å². The van der Waals surface area contributed by atoms with Crippen molar-refractivity contribution in [3.8, 4) is 0 Å². The van der Waals surface area contributed by atoms with Crippen molar-refractivity contribution in [1.82, 2.24) is 5.32 Å². The van der Waals surface area contributed by atoms with E-state index >= 15 is 0 Å². The first-order chi connectivity index (χ1) is 5.91. The lowest BCUT2D eigenvalue weighted by Gasteiger charge is -1.98. The van der Waals surface area contributed by atoms with E-state index in [4.69, 9.17) is 0 Å². The van der Waals surface area contributed by atoms with Crippen molar-refractivity contribution in [3.05, 3.63) is 0 Å². The van der Waals surface area contributed by atoms with Crippen LogP contribution in [0.5, 0.6) is 0 Å². The van der Waals surface area contributed by atoms with Gasteiger partial charge < -0.3 is 5.32 Å². The highest BCUT2D eigenvalue weighted by Gasteiger charge is 1.80. The van der Waals surface area contributed by atoms with Crippen LogP contribution < -0.4 is 5.32 Å². The van der Waals surface area contributed by atoms with Gasteiger partial charge in [0, 0.05) is 0 Å². The summed E-state index contributed by atoms with van der Waals surface area (Å²) in [5.74, 6) is 0. The molecule has 0 heterocycles. The van der Waals surface area contributed by atoms with E-state index in [-0.39, 0.29) is 0 Å². The fourth-order valence-electron chi connectivity index (χ4n) is 0.604. The van der Waals surface area contributed by atoms with E-state index in [2.05, 4.69) is 19.2 Å². The Kier molecular flexibility index (Phi) is 45.6. The summed E-state index contributed by atoms with van der Waals surface area (Å²) in [5.41, 5.74) is 0. The minimum atomic E-state index is 1.18. The summed E-state index contributed by atoms with van der Waals surface area (Å²) < 4.78 is 0. The number of unbranched alkanes of at least 4 members (excludes halogenated alkanes) is 1. The molecule has 0 radical (unpaired) electrons. The standard InChI is InChI=1S/C7H17N.2C2H6/c1-3-5-7-8-6-4-2;2*1-2/h8H,3-7H2,1-2H3;2*1-2H3. The highest BCUT2D eigenvalue weighted by Crippen LogP contribution is 1.81. The molecule has 0 saturated heterocycles. The van der Waals surface area contributed by atoms with Crippen molar-refractivity contribution >= 4 is 0 Å². The van der Waals surface area contributed by atoms with Crippen LogP contribution >= 0.6 is 0 Å². The second kappa shape index (κ2) is 30.6. The highest BCUT2D eigenvalue weighted by atomic mass is 14.8. The predicted octanol–water partition coefficient (Wildman–Crippen LogP) is 3.84. The Bertz CT molecular complexity index is 30.0. The van der Waals surface area contributed by atoms with Crippen molar-refractivity contribution in [2.45, 2.75) is 60.8 Å². The van der Waals surface area contributed by atoms with Crippen LogP contribution in [0.1, 0.15) is 60.8 Å². The summed E-state index contributed by atoms with van der Waals surface area (Å²) in [6.07, 6.45) is 3.88. The van der Waals surface area contributed by atoms with Crippen LogP contribution in [0.3, 0.4) is 0 Å². The Balaban J connectivity index is -0.000000175. The van der Waals surface area contributed by atoms with Crippen LogP contribution in [0, 0.1) is 0 Å². The molecule has 0 aromatic heterocycles. The van der Waals surface area contributed by atoms with E-state index in [1.807, 2.05) is 27.7 Å². The second-order valence-electron chi connectivity index (χ2n) is 2.10. The van der Waals surface area contributed by atoms with Crippen molar-refractivity contribution in [2.24, 2.45) is 0 Å². The first-order valence-corrected chi connectivity index (χ1v) is 5.62. The third-order valence-electron chi connectivity index (χ3n) is 1.13. The topological polar surface area (TPSA) is 12.0 Å². The molecular formula is C11H29N. The summed E-state index contributed by atoms with van der Waals surface area (Å²) in [5, 5.41) is 3.34. The van der Waals surface area contributed by atoms with Gasteiger partial charge in [-0.2, -0.15) is 0 Å². The first-order valence-electron chi connectivity index (χ1n) is 5.62. The SMILES string of the molecule is CC.CC.CCCCNCCC. The fraction of sp³-hybridized carbons (Fsp3) is 1.00. The maximum atomic E-state index is 3.34. The van der Waals surface area contributed by atoms with Crippen molar-refractivity contribution in [3.63, 3.8) is 0 Å². The molecule has 1 N–H and O–H groups in total. The zero-order valence-electron chi connectivity index (χ0n) is 10.0. The van der Waals surface area contributed by atoms with E-state index in [9.17, 15) is 0 Å². The zero-order valence-corrected chi connectivity index (χ0v) is 10.0. The summed E-state index contributed by atoms with van der Waals surface area (Å²) >= 11 is 0. The van der Waals surface area contributed by atoms with E-state index in [0.717, 1.165) is 0 Å². The van der Waals surface area contributed by atoms with Crippen LogP contribution in [-0.2, 0) is 0 Å². The Morgan fingerprint density at radius 1 is 0.750 bits per heavy atom. The minimum absolute atomic E-state index is 1.18. The third-order valence-corrected chi connectivity index (χ3v) is 1.13. The number of hydrogen-bond acceptors (Lipinski definition) is 1. The second-order valence-corrected chi connectivity index (χ2v) is 2.10. The molecule has 0 unspecified atom stereocenters. The maximum Gasteiger partial charge on any atom is -0.00490 e. The largest absolute Gasteiger partial charge is 0.317 e. The van der Waals surface area contributed by atoms with Crippen molar-refractivity contribution in [1.29, 1.82) is 0 Å². The molecule has 0 atom stereocenters. The van der Waals surface area contributed by atoms with Gasteiger partial charge in [-0.3, -0.25) is 0 Å². The Morgan fingerprint density at radius 2 is 1.25 bits per heavy atom. The molecule has 0 fully saturated rings. The molecule has 0 amide bonds. The molecule has 0 rings (SSSR count). The van der Waals surface area contributed by atoms with E-state index in [1.165, 1.54) is 32.4 Å². The predicted molar refractivity (Wildman–Crippen MR) is 60.8 cm³/mol. The lowest BCUT2D eigenvalue weighted by atomic mass is 10.3. The number of rotatable bonds is 5. The third kappa shape index (κ3) is 32.5. The average molecular weight is 175 g/mol. The zero-order chi connectivity index (χ0) is 10.2. The van der Waals surface area contributed by atoms with Crippen molar-refractivity contribution in [2.75, 3.05) is 13.1 Å². The monoisotopic (exact) mass is 175 g/mol. The number of hydrogen-bond donors (Lipinski definition) is 1. The van der Waals surface area contributed by atoms with E-state index in [1.54, 1.807) is 0 Å². The van der Waals surface area contributed by atoms with Gasteiger partial charge in [0.2, 0.25) is 0 Å². The summed E-state index contributed by atoms with van der Waals surface area (Å²) in [6.45, 7) is 14.8. The lowest BCUT2D eigenvalue weighted by Crippen LogP contribution is -2.15. The molecule has 0 aromatic rings. The van der Waals surface area contributed by atoms with Gasteiger partial charge in [0.05, 0.1) is 0 Å². The smallest absolute Gasteiger partial charge is 0.00490 e. The molecule has 0 spiro atoms. The quantitative estimate of drug-likeness (QED) is 0.626. The molecule has 1 heteroatoms. The van der Waals surface area contributed by atoms with Gasteiger partial charge in [-0.15, -0.1) is 0 Å². The normalized spacial score (nSPS) is 7.50. The molecular weight excluding hydrogens is 146 g/mol. The fourth-order valence-corrected chi connectivity index (χ4v) is 0.604. The molecule has 12 heavy (non-hydrogen) atoms. The minimum Gasteiger partial charge on any atom is -0.317 e. The van der Waals surface area contributed by atoms with E-state index < -0.39 is 0 Å². The maximum absolute atomic E-state index is 3.34. The molecule has 0 aliphatic heterocycles. The van der Waals surface area contributed by atoms with Crippen molar-refractivity contribution < 1.29 is 0 Å². The van der Waals surface area contributed by atoms with Crippen LogP contribution in [0.4, 0.5) is 0 Å². The van der Waals surface area contributed by atoms with Gasteiger partial charge in [0.25, 0.3) is 0 Å². The average Bonchev–Trinajstić information content (AvgIpc) is 2.19. The highest BCUT2D eigenvalue weighted by molar-refractivity contribution is 4.43. The molecule has 78 valence electrons. The Labute approximate surface area is 80.0 Å². The molecule has 0 aliphatic rings. The molecule has 0 saturated carbocycles. The lowest BCUT2D eigenvalue weighted by molar-refractivity contribution is 0.633. The van der Waals surface area contributed by atoms with Gasteiger partial charge in [-0.25, -0.2) is 0 Å². The molecule has 0 bridgehead atoms. The summed E-state index contributed by atoms with van der Waals surface area (Å²) in [4.78, 5) is 0. The van der Waals surface area contributed by atoms with Gasteiger partial charge in [0.15, 0.2) is 0 Å². The first kappa shape index (κ1) is 17.9. The number of nitrogens with one attached hydrogen (secondary N) is 1. The van der Waals surface area contributed by atoms with Gasteiger partial charge in [-0.05, 0) is 25.9 Å². The van der Waals surface area contributed by atoms with Crippen LogP contribution in [0.25, 0.3) is 0 Å². The van der Waals surface area contributed by atoms with Crippen LogP contribution in [0.15, 0.2) is 0 Å². The molecule has 0 aromatic carbocycles. The molecule has 0 aliphatic carbocycles.